The molecule has 108 valence electrons. The summed E-state index contributed by atoms with van der Waals surface area (Å²) in [7, 11) is 0. The molecule has 5 heteroatoms. The lowest BCUT2D eigenvalue weighted by Crippen LogP contribution is -2.27. The second-order valence-electron chi connectivity index (χ2n) is 5.01. The van der Waals surface area contributed by atoms with Crippen LogP contribution in [0, 0.1) is 0 Å². The van der Waals surface area contributed by atoms with E-state index in [2.05, 4.69) is 10.6 Å². The first-order valence-electron chi connectivity index (χ1n) is 6.77. The summed E-state index contributed by atoms with van der Waals surface area (Å²) in [5, 5.41) is 15.8. The van der Waals surface area contributed by atoms with Gasteiger partial charge >= 0.3 is 0 Å². The van der Waals surface area contributed by atoms with Crippen LogP contribution >= 0.6 is 11.6 Å². The third kappa shape index (κ3) is 2.81. The predicted octanol–water partition coefficient (Wildman–Crippen LogP) is 3.58. The highest BCUT2D eigenvalue weighted by Crippen LogP contribution is 2.33. The van der Waals surface area contributed by atoms with Crippen LogP contribution in [0.25, 0.3) is 0 Å². The first-order valence-corrected chi connectivity index (χ1v) is 7.15. The summed E-state index contributed by atoms with van der Waals surface area (Å²) < 4.78 is 0. The van der Waals surface area contributed by atoms with E-state index in [1.807, 2.05) is 24.3 Å². The molecule has 3 N–H and O–H groups in total. The molecule has 1 unspecified atom stereocenters. The first kappa shape index (κ1) is 13.8. The van der Waals surface area contributed by atoms with Gasteiger partial charge in [-0.25, -0.2) is 0 Å². The van der Waals surface area contributed by atoms with Gasteiger partial charge in [-0.15, -0.1) is 0 Å². The van der Waals surface area contributed by atoms with Gasteiger partial charge in [-0.1, -0.05) is 29.8 Å². The standard InChI is InChI=1S/C16H15ClN2O2/c17-13-9-10(5-6-15(13)20)19-16(21)12-7-8-18-14-4-2-1-3-11(12)14/h1-6,9,12,18,20H,7-8H2,(H,19,21). The number of hydrogen-bond acceptors (Lipinski definition) is 3. The van der Waals surface area contributed by atoms with Crippen LogP contribution in [0.5, 0.6) is 5.75 Å². The Morgan fingerprint density at radius 2 is 2.10 bits per heavy atom. The van der Waals surface area contributed by atoms with Crippen LogP contribution in [0.4, 0.5) is 11.4 Å². The fourth-order valence-corrected chi connectivity index (χ4v) is 2.74. The van der Waals surface area contributed by atoms with Crippen molar-refractivity contribution in [1.29, 1.82) is 0 Å². The second-order valence-corrected chi connectivity index (χ2v) is 5.42. The smallest absolute Gasteiger partial charge is 0.232 e. The Labute approximate surface area is 127 Å². The molecule has 0 saturated heterocycles. The van der Waals surface area contributed by atoms with Crippen LogP contribution in [-0.4, -0.2) is 17.6 Å². The van der Waals surface area contributed by atoms with E-state index < -0.39 is 0 Å². The van der Waals surface area contributed by atoms with Crippen LogP contribution < -0.4 is 10.6 Å². The molecule has 0 radical (unpaired) electrons. The van der Waals surface area contributed by atoms with Gasteiger partial charge in [-0.3, -0.25) is 4.79 Å². The Bertz CT molecular complexity index is 688. The quantitative estimate of drug-likeness (QED) is 0.743. The van der Waals surface area contributed by atoms with Crippen LogP contribution in [0.3, 0.4) is 0 Å². The molecule has 0 bridgehead atoms. The molecule has 0 spiro atoms. The topological polar surface area (TPSA) is 61.4 Å². The average Bonchev–Trinajstić information content (AvgIpc) is 2.50. The van der Waals surface area contributed by atoms with E-state index in [1.165, 1.54) is 6.07 Å². The van der Waals surface area contributed by atoms with Gasteiger partial charge in [0.2, 0.25) is 5.91 Å². The molecule has 2 aromatic carbocycles. The van der Waals surface area contributed by atoms with Gasteiger partial charge in [0.25, 0.3) is 0 Å². The van der Waals surface area contributed by atoms with E-state index in [0.29, 0.717) is 5.69 Å². The number of benzene rings is 2. The number of carbonyl (C=O) groups is 1. The zero-order valence-corrected chi connectivity index (χ0v) is 12.0. The molecule has 21 heavy (non-hydrogen) atoms. The number of carbonyl (C=O) groups excluding carboxylic acids is 1. The van der Waals surface area contributed by atoms with Crippen molar-refractivity contribution in [2.45, 2.75) is 12.3 Å². The van der Waals surface area contributed by atoms with Gasteiger partial charge in [-0.05, 0) is 36.2 Å². The molecule has 0 fully saturated rings. The minimum atomic E-state index is -0.185. The molecule has 0 saturated carbocycles. The minimum absolute atomic E-state index is 0.00174. The van der Waals surface area contributed by atoms with Crippen molar-refractivity contribution in [2.75, 3.05) is 17.2 Å². The number of halogens is 1. The molecule has 1 heterocycles. The first-order chi connectivity index (χ1) is 10.1. The van der Waals surface area contributed by atoms with Crippen molar-refractivity contribution in [3.05, 3.63) is 53.1 Å². The predicted molar refractivity (Wildman–Crippen MR) is 84.0 cm³/mol. The summed E-state index contributed by atoms with van der Waals surface area (Å²) in [5.41, 5.74) is 2.59. The van der Waals surface area contributed by atoms with Crippen molar-refractivity contribution in [1.82, 2.24) is 0 Å². The summed E-state index contributed by atoms with van der Waals surface area (Å²) in [6, 6.07) is 12.5. The highest BCUT2D eigenvalue weighted by atomic mass is 35.5. The lowest BCUT2D eigenvalue weighted by atomic mass is 9.90. The normalized spacial score (nSPS) is 16.7. The second kappa shape index (κ2) is 5.66. The lowest BCUT2D eigenvalue weighted by molar-refractivity contribution is -0.117. The maximum Gasteiger partial charge on any atom is 0.232 e. The Morgan fingerprint density at radius 3 is 2.90 bits per heavy atom. The van der Waals surface area contributed by atoms with Crippen molar-refractivity contribution in [3.8, 4) is 5.75 Å². The van der Waals surface area contributed by atoms with Gasteiger partial charge < -0.3 is 15.7 Å². The van der Waals surface area contributed by atoms with E-state index in [-0.39, 0.29) is 22.6 Å². The Hall–Kier alpha value is -2.20. The lowest BCUT2D eigenvalue weighted by Gasteiger charge is -2.25. The van der Waals surface area contributed by atoms with Crippen molar-refractivity contribution in [2.24, 2.45) is 0 Å². The number of rotatable bonds is 2. The number of aromatic hydroxyl groups is 1. The molecule has 2 aromatic rings. The molecular formula is C16H15ClN2O2. The van der Waals surface area contributed by atoms with E-state index >= 15 is 0 Å². The number of phenolic OH excluding ortho intramolecular Hbond substituents is 1. The van der Waals surface area contributed by atoms with E-state index in [1.54, 1.807) is 12.1 Å². The molecule has 0 aromatic heterocycles. The third-order valence-corrected chi connectivity index (χ3v) is 3.92. The number of phenols is 1. The van der Waals surface area contributed by atoms with E-state index in [0.717, 1.165) is 24.2 Å². The van der Waals surface area contributed by atoms with Gasteiger partial charge in [0, 0.05) is 17.9 Å². The summed E-state index contributed by atoms with van der Waals surface area (Å²) >= 11 is 5.85. The van der Waals surface area contributed by atoms with Crippen LogP contribution in [-0.2, 0) is 4.79 Å². The molecule has 1 aliphatic heterocycles. The summed E-state index contributed by atoms with van der Waals surface area (Å²) in [4.78, 5) is 12.5. The van der Waals surface area contributed by atoms with Crippen LogP contribution in [0.1, 0.15) is 17.9 Å². The largest absolute Gasteiger partial charge is 0.506 e. The molecule has 3 rings (SSSR count). The molecule has 4 nitrogen and oxygen atoms in total. The summed E-state index contributed by atoms with van der Waals surface area (Å²) in [6.07, 6.45) is 0.745. The maximum atomic E-state index is 12.5. The van der Waals surface area contributed by atoms with Crippen LogP contribution in [0.2, 0.25) is 5.02 Å². The maximum absolute atomic E-state index is 12.5. The summed E-state index contributed by atoms with van der Waals surface area (Å²) in [5.74, 6) is -0.248. The van der Waals surface area contributed by atoms with Crippen molar-refractivity contribution < 1.29 is 9.90 Å². The molecule has 1 atom stereocenters. The molecular weight excluding hydrogens is 288 g/mol. The fraction of sp³-hybridized carbons (Fsp3) is 0.188. The highest BCUT2D eigenvalue weighted by Gasteiger charge is 2.26. The number of amides is 1. The fourth-order valence-electron chi connectivity index (χ4n) is 2.55. The number of hydrogen-bond donors (Lipinski definition) is 3. The Kier molecular flexibility index (Phi) is 3.71. The third-order valence-electron chi connectivity index (χ3n) is 3.62. The SMILES string of the molecule is O=C(Nc1ccc(O)c(Cl)c1)C1CCNc2ccccc21. The summed E-state index contributed by atoms with van der Waals surface area (Å²) in [6.45, 7) is 0.769. The molecule has 1 amide bonds. The Balaban J connectivity index is 1.81. The zero-order chi connectivity index (χ0) is 14.8. The van der Waals surface area contributed by atoms with Gasteiger partial charge in [0.15, 0.2) is 0 Å². The number of fused-ring (bicyclic) bond motifs is 1. The Morgan fingerprint density at radius 1 is 1.29 bits per heavy atom. The molecule has 0 aliphatic carbocycles. The van der Waals surface area contributed by atoms with Crippen molar-refractivity contribution >= 4 is 28.9 Å². The van der Waals surface area contributed by atoms with E-state index in [4.69, 9.17) is 11.6 Å². The average molecular weight is 303 g/mol. The molecule has 1 aliphatic rings. The number of anilines is 2. The number of para-hydroxylation sites is 1. The monoisotopic (exact) mass is 302 g/mol. The van der Waals surface area contributed by atoms with Gasteiger partial charge in [-0.2, -0.15) is 0 Å². The van der Waals surface area contributed by atoms with Crippen molar-refractivity contribution in [3.63, 3.8) is 0 Å². The minimum Gasteiger partial charge on any atom is -0.506 e. The van der Waals surface area contributed by atoms with Gasteiger partial charge in [0.1, 0.15) is 5.75 Å². The van der Waals surface area contributed by atoms with Crippen LogP contribution in [0.15, 0.2) is 42.5 Å². The highest BCUT2D eigenvalue weighted by molar-refractivity contribution is 6.32. The zero-order valence-electron chi connectivity index (χ0n) is 11.3. The van der Waals surface area contributed by atoms with Gasteiger partial charge in [0.05, 0.1) is 10.9 Å². The van der Waals surface area contributed by atoms with E-state index in [9.17, 15) is 9.90 Å². The number of nitrogens with one attached hydrogen (secondary N) is 2.